The fourth-order valence-corrected chi connectivity index (χ4v) is 13.4. The van der Waals surface area contributed by atoms with Crippen molar-refractivity contribution >= 4 is 0 Å². The van der Waals surface area contributed by atoms with Crippen LogP contribution in [0.2, 0.25) is 0 Å². The van der Waals surface area contributed by atoms with E-state index in [2.05, 4.69) is 72.9 Å². The molecule has 2 heterocycles. The summed E-state index contributed by atoms with van der Waals surface area (Å²) in [6, 6.07) is 0.640. The van der Waals surface area contributed by atoms with Gasteiger partial charge in [0.15, 0.2) is 0 Å². The molecule has 2 unspecified atom stereocenters. The Kier molecular flexibility index (Phi) is 6.06. The molecule has 0 bridgehead atoms. The van der Waals surface area contributed by atoms with Crippen LogP contribution in [0, 0.1) is 50.2 Å². The van der Waals surface area contributed by atoms with Gasteiger partial charge >= 0.3 is 0 Å². The molecule has 2 aliphatic heterocycles. The summed E-state index contributed by atoms with van der Waals surface area (Å²) in [6.45, 7) is 26.6. The van der Waals surface area contributed by atoms with Crippen LogP contribution in [-0.2, 0) is 4.74 Å². The van der Waals surface area contributed by atoms with Gasteiger partial charge in [-0.15, -0.1) is 0 Å². The average Bonchev–Trinajstić information content (AvgIpc) is 3.11. The highest BCUT2D eigenvalue weighted by Crippen LogP contribution is 2.85. The third-order valence-corrected chi connectivity index (χ3v) is 16.5. The summed E-state index contributed by atoms with van der Waals surface area (Å²) < 4.78 is 7.47. The maximum Gasteiger partial charge on any atom is 0.123 e. The molecule has 4 aliphatic carbocycles. The van der Waals surface area contributed by atoms with Crippen molar-refractivity contribution in [3.63, 3.8) is 0 Å². The summed E-state index contributed by atoms with van der Waals surface area (Å²) in [5.74, 6) is 2.05. The first kappa shape index (κ1) is 28.0. The van der Waals surface area contributed by atoms with Gasteiger partial charge in [-0.2, -0.15) is 0 Å². The number of nitrogens with two attached hydrogens (primary N) is 1. The van der Waals surface area contributed by atoms with Crippen LogP contribution in [0.3, 0.4) is 0 Å². The number of hydrogen-bond acceptors (Lipinski definition) is 4. The molecule has 0 aromatic carbocycles. The Balaban J connectivity index is 1.36. The van der Waals surface area contributed by atoms with Crippen LogP contribution in [0.25, 0.3) is 0 Å². The SMILES string of the molecule is C[C@H]1CC[C@]2(NC1)O[C@]1(C)C[C@]3(C)C4CC[C@]5(C)CC(NCCN)CC[C@]5(C)[C@]4(C)CC[C@]3(C)[C@]1(C)[C@@H]2C. The molecule has 6 rings (SSSR count). The minimum absolute atomic E-state index is 0.0692. The Morgan fingerprint density at radius 1 is 0.842 bits per heavy atom. The zero-order valence-electron chi connectivity index (χ0n) is 26.5. The predicted molar refractivity (Wildman–Crippen MR) is 158 cm³/mol. The second kappa shape index (κ2) is 8.23. The summed E-state index contributed by atoms with van der Waals surface area (Å²) in [5, 5.41) is 7.80. The van der Waals surface area contributed by atoms with Gasteiger partial charge in [-0.3, -0.25) is 5.32 Å². The van der Waals surface area contributed by atoms with E-state index in [-0.39, 0.29) is 22.2 Å². The molecule has 2 saturated heterocycles. The monoisotopic (exact) mass is 527 g/mol. The van der Waals surface area contributed by atoms with E-state index in [1.807, 2.05) is 0 Å². The molecule has 0 radical (unpaired) electrons. The van der Waals surface area contributed by atoms with Crippen molar-refractivity contribution in [2.75, 3.05) is 19.6 Å². The van der Waals surface area contributed by atoms with Gasteiger partial charge in [0.2, 0.25) is 0 Å². The van der Waals surface area contributed by atoms with Gasteiger partial charge in [-0.1, -0.05) is 55.4 Å². The first-order valence-corrected chi connectivity index (χ1v) is 16.5. The predicted octanol–water partition coefficient (Wildman–Crippen LogP) is 6.87. The van der Waals surface area contributed by atoms with Gasteiger partial charge in [-0.05, 0) is 110 Å². The number of fused-ring (bicyclic) bond motifs is 7. The molecule has 0 aromatic rings. The first-order chi connectivity index (χ1) is 17.6. The van der Waals surface area contributed by atoms with Gasteiger partial charge in [-0.25, -0.2) is 0 Å². The molecule has 4 saturated carbocycles. The molecular weight excluding hydrogens is 466 g/mol. The fraction of sp³-hybridized carbons (Fsp3) is 1.00. The molecular formula is C34H61N3O. The fourth-order valence-electron chi connectivity index (χ4n) is 13.4. The van der Waals surface area contributed by atoms with Crippen molar-refractivity contribution in [1.82, 2.24) is 10.6 Å². The molecule has 12 atom stereocenters. The van der Waals surface area contributed by atoms with Crippen LogP contribution < -0.4 is 16.4 Å². The lowest BCUT2D eigenvalue weighted by Crippen LogP contribution is -2.68. The Hall–Kier alpha value is -0.160. The van der Waals surface area contributed by atoms with Gasteiger partial charge in [0.1, 0.15) is 5.72 Å². The summed E-state index contributed by atoms with van der Waals surface area (Å²) in [7, 11) is 0. The van der Waals surface area contributed by atoms with Crippen molar-refractivity contribution in [2.45, 2.75) is 144 Å². The largest absolute Gasteiger partial charge is 0.354 e. The number of ether oxygens (including phenoxy) is 1. The van der Waals surface area contributed by atoms with Gasteiger partial charge in [0.05, 0.1) is 5.60 Å². The van der Waals surface area contributed by atoms with E-state index >= 15 is 0 Å². The molecule has 4 N–H and O–H groups in total. The van der Waals surface area contributed by atoms with Gasteiger partial charge in [0.25, 0.3) is 0 Å². The third kappa shape index (κ3) is 2.98. The van der Waals surface area contributed by atoms with Crippen LogP contribution in [0.4, 0.5) is 0 Å². The zero-order chi connectivity index (χ0) is 27.6. The summed E-state index contributed by atoms with van der Waals surface area (Å²) in [5.41, 5.74) is 7.62. The van der Waals surface area contributed by atoms with Crippen LogP contribution in [0.1, 0.15) is 127 Å². The highest BCUT2D eigenvalue weighted by atomic mass is 16.5. The highest BCUT2D eigenvalue weighted by Gasteiger charge is 2.83. The normalized spacial score (nSPS) is 61.7. The second-order valence-electron chi connectivity index (χ2n) is 17.2. The first-order valence-electron chi connectivity index (χ1n) is 16.5. The molecule has 0 amide bonds. The third-order valence-electron chi connectivity index (χ3n) is 16.5. The minimum atomic E-state index is -0.132. The van der Waals surface area contributed by atoms with Crippen molar-refractivity contribution in [3.05, 3.63) is 0 Å². The van der Waals surface area contributed by atoms with Crippen molar-refractivity contribution < 1.29 is 4.74 Å². The van der Waals surface area contributed by atoms with Crippen LogP contribution >= 0.6 is 0 Å². The number of piperidine rings is 1. The maximum atomic E-state index is 7.47. The lowest BCUT2D eigenvalue weighted by Gasteiger charge is -2.73. The molecule has 6 fully saturated rings. The summed E-state index contributed by atoms with van der Waals surface area (Å²) in [6.07, 6.45) is 13.2. The Labute approximate surface area is 234 Å². The van der Waals surface area contributed by atoms with E-state index in [0.717, 1.165) is 31.5 Å². The minimum Gasteiger partial charge on any atom is -0.354 e. The zero-order valence-corrected chi connectivity index (χ0v) is 26.5. The van der Waals surface area contributed by atoms with E-state index in [0.29, 0.717) is 33.6 Å². The molecule has 38 heavy (non-hydrogen) atoms. The average molecular weight is 528 g/mol. The van der Waals surface area contributed by atoms with Crippen molar-refractivity contribution in [3.8, 4) is 0 Å². The summed E-state index contributed by atoms with van der Waals surface area (Å²) >= 11 is 0. The van der Waals surface area contributed by atoms with Crippen LogP contribution in [0.5, 0.6) is 0 Å². The standard InChI is InChI=1S/C34H61N3O/c1-23-10-15-34(37-21-23)24(2)33(9)31(7)17-16-28(4)26(29(31,5)22-32(33,8)38-34)12-13-27(3)20-25(36-19-18-35)11-14-30(27,28)6/h23-26,36-37H,10-22,35H2,1-9H3/t23-,24-,25?,26?,27+,28+,29+,30-,31-,32+,33-,34-/m0/s1. The Morgan fingerprint density at radius 3 is 2.24 bits per heavy atom. The Morgan fingerprint density at radius 2 is 1.58 bits per heavy atom. The van der Waals surface area contributed by atoms with Crippen molar-refractivity contribution in [1.29, 1.82) is 0 Å². The molecule has 4 heteroatoms. The molecule has 4 nitrogen and oxygen atoms in total. The molecule has 0 aromatic heterocycles. The van der Waals surface area contributed by atoms with E-state index < -0.39 is 0 Å². The lowest BCUT2D eigenvalue weighted by atomic mass is 9.31. The number of nitrogens with one attached hydrogen (secondary N) is 2. The topological polar surface area (TPSA) is 59.3 Å². The second-order valence-corrected chi connectivity index (χ2v) is 17.2. The van der Waals surface area contributed by atoms with E-state index in [4.69, 9.17) is 10.5 Å². The van der Waals surface area contributed by atoms with Gasteiger partial charge < -0.3 is 15.8 Å². The van der Waals surface area contributed by atoms with Crippen LogP contribution in [0.15, 0.2) is 0 Å². The van der Waals surface area contributed by atoms with Crippen molar-refractivity contribution in [2.24, 2.45) is 56.0 Å². The number of hydrogen-bond donors (Lipinski definition) is 3. The molecule has 6 aliphatic rings. The van der Waals surface area contributed by atoms with Gasteiger partial charge in [0, 0.05) is 37.0 Å². The highest BCUT2D eigenvalue weighted by molar-refractivity contribution is 5.31. The lowest BCUT2D eigenvalue weighted by molar-refractivity contribution is -0.249. The maximum absolute atomic E-state index is 7.47. The van der Waals surface area contributed by atoms with E-state index in [1.165, 1.54) is 64.2 Å². The van der Waals surface area contributed by atoms with Crippen LogP contribution in [-0.4, -0.2) is 37.0 Å². The van der Waals surface area contributed by atoms with E-state index in [1.54, 1.807) is 0 Å². The van der Waals surface area contributed by atoms with E-state index in [9.17, 15) is 0 Å². The molecule has 218 valence electrons. The smallest absolute Gasteiger partial charge is 0.123 e. The quantitative estimate of drug-likeness (QED) is 0.375. The summed E-state index contributed by atoms with van der Waals surface area (Å²) in [4.78, 5) is 0. The Bertz CT molecular complexity index is 961. The number of rotatable bonds is 3. The molecule has 1 spiro atoms.